The highest BCUT2D eigenvalue weighted by molar-refractivity contribution is 6.21. The number of ketones is 1. The number of ether oxygens (including phenoxy) is 1. The number of carbonyl (C=O) groups is 2. The first-order chi connectivity index (χ1) is 12.2. The number of Topliss-reactive ketones (excluding diaryl/α,β-unsaturated/α-hetero) is 1. The van der Waals surface area contributed by atoms with Crippen LogP contribution in [0.5, 0.6) is 0 Å². The average molecular weight is 358 g/mol. The van der Waals surface area contributed by atoms with Gasteiger partial charge in [0.1, 0.15) is 5.60 Å². The van der Waals surface area contributed by atoms with Gasteiger partial charge in [-0.3, -0.25) is 4.79 Å². The van der Waals surface area contributed by atoms with Gasteiger partial charge in [0.15, 0.2) is 5.78 Å². The topological polar surface area (TPSA) is 49.9 Å². The molecule has 1 aromatic rings. The molecule has 0 unspecified atom stereocenters. The van der Waals surface area contributed by atoms with Crippen molar-refractivity contribution in [1.29, 1.82) is 0 Å². The second kappa shape index (κ2) is 8.39. The van der Waals surface area contributed by atoms with Crippen molar-refractivity contribution in [3.05, 3.63) is 42.1 Å². The zero-order valence-electron chi connectivity index (χ0n) is 16.5. The minimum absolute atomic E-state index is 0.0694. The van der Waals surface area contributed by atoms with Gasteiger partial charge in [-0.2, -0.15) is 0 Å². The second-order valence-corrected chi connectivity index (χ2v) is 7.98. The summed E-state index contributed by atoms with van der Waals surface area (Å²) in [7, 11) is 3.84. The fourth-order valence-corrected chi connectivity index (χ4v) is 3.03. The molecule has 2 rings (SSSR count). The van der Waals surface area contributed by atoms with Gasteiger partial charge in [-0.25, -0.2) is 4.79 Å². The lowest BCUT2D eigenvalue weighted by Crippen LogP contribution is -2.43. The maximum Gasteiger partial charge on any atom is 0.410 e. The van der Waals surface area contributed by atoms with Crippen molar-refractivity contribution in [2.75, 3.05) is 27.2 Å². The van der Waals surface area contributed by atoms with E-state index in [0.29, 0.717) is 25.9 Å². The lowest BCUT2D eigenvalue weighted by atomic mass is 9.86. The Labute approximate surface area is 156 Å². The van der Waals surface area contributed by atoms with Crippen LogP contribution in [0, 0.1) is 5.92 Å². The number of allylic oxidation sites excluding steroid dienone is 1. The molecule has 5 nitrogen and oxygen atoms in total. The second-order valence-electron chi connectivity index (χ2n) is 7.98. The van der Waals surface area contributed by atoms with Crippen molar-refractivity contribution in [1.82, 2.24) is 9.80 Å². The van der Waals surface area contributed by atoms with Gasteiger partial charge in [0, 0.05) is 44.9 Å². The summed E-state index contributed by atoms with van der Waals surface area (Å²) < 4.78 is 5.43. The molecular weight excluding hydrogens is 328 g/mol. The molecule has 1 heterocycles. The summed E-state index contributed by atoms with van der Waals surface area (Å²) in [5.74, 6) is 0.0776. The number of hydrogen-bond donors (Lipinski definition) is 0. The molecule has 0 aliphatic carbocycles. The smallest absolute Gasteiger partial charge is 0.410 e. The van der Waals surface area contributed by atoms with Crippen molar-refractivity contribution >= 4 is 17.4 Å². The predicted molar refractivity (Wildman–Crippen MR) is 104 cm³/mol. The Hall–Kier alpha value is -2.30. The Morgan fingerprint density at radius 1 is 1.12 bits per heavy atom. The SMILES string of the molecule is CN(C)/C=C(/C(=O)C1CCN(C(=O)OC(C)(C)C)CC1)c1ccccc1. The molecule has 0 spiro atoms. The number of hydrogen-bond acceptors (Lipinski definition) is 4. The lowest BCUT2D eigenvalue weighted by Gasteiger charge is -2.33. The Morgan fingerprint density at radius 2 is 1.69 bits per heavy atom. The van der Waals surface area contributed by atoms with Crippen molar-refractivity contribution in [2.24, 2.45) is 5.92 Å². The first-order valence-corrected chi connectivity index (χ1v) is 9.13. The van der Waals surface area contributed by atoms with Crippen LogP contribution in [0.3, 0.4) is 0 Å². The summed E-state index contributed by atoms with van der Waals surface area (Å²) in [6.07, 6.45) is 2.92. The monoisotopic (exact) mass is 358 g/mol. The molecule has 26 heavy (non-hydrogen) atoms. The largest absolute Gasteiger partial charge is 0.444 e. The van der Waals surface area contributed by atoms with Gasteiger partial charge < -0.3 is 14.5 Å². The number of carbonyl (C=O) groups excluding carboxylic acids is 2. The molecule has 1 saturated heterocycles. The van der Waals surface area contributed by atoms with E-state index >= 15 is 0 Å². The molecule has 0 aromatic heterocycles. The normalized spacial score (nSPS) is 16.3. The Bertz CT molecular complexity index is 652. The van der Waals surface area contributed by atoms with E-state index in [9.17, 15) is 9.59 Å². The van der Waals surface area contributed by atoms with Gasteiger partial charge in [-0.05, 0) is 39.2 Å². The lowest BCUT2D eigenvalue weighted by molar-refractivity contribution is -0.118. The van der Waals surface area contributed by atoms with Crippen LogP contribution in [-0.2, 0) is 9.53 Å². The Kier molecular flexibility index (Phi) is 6.46. The minimum Gasteiger partial charge on any atom is -0.444 e. The summed E-state index contributed by atoms with van der Waals surface area (Å²) >= 11 is 0. The van der Waals surface area contributed by atoms with Gasteiger partial charge in [0.05, 0.1) is 0 Å². The first kappa shape index (κ1) is 20.0. The summed E-state index contributed by atoms with van der Waals surface area (Å²) in [5.41, 5.74) is 1.16. The molecule has 1 aliphatic heterocycles. The fraction of sp³-hybridized carbons (Fsp3) is 0.524. The summed E-state index contributed by atoms with van der Waals surface area (Å²) in [6, 6.07) is 9.75. The average Bonchev–Trinajstić information content (AvgIpc) is 2.58. The highest BCUT2D eigenvalue weighted by atomic mass is 16.6. The number of amides is 1. The van der Waals surface area contributed by atoms with Crippen LogP contribution in [0.15, 0.2) is 36.5 Å². The van der Waals surface area contributed by atoms with Crippen LogP contribution >= 0.6 is 0 Å². The molecule has 0 bridgehead atoms. The molecule has 1 aliphatic rings. The summed E-state index contributed by atoms with van der Waals surface area (Å²) in [4.78, 5) is 28.9. The minimum atomic E-state index is -0.501. The van der Waals surface area contributed by atoms with E-state index in [1.807, 2.05) is 76.3 Å². The van der Waals surface area contributed by atoms with E-state index < -0.39 is 5.60 Å². The third-order valence-electron chi connectivity index (χ3n) is 4.25. The molecule has 1 aromatic carbocycles. The van der Waals surface area contributed by atoms with Gasteiger partial charge in [0.2, 0.25) is 0 Å². The quantitative estimate of drug-likeness (QED) is 0.768. The highest BCUT2D eigenvalue weighted by Gasteiger charge is 2.31. The standard InChI is InChI=1S/C21H30N2O3/c1-21(2,3)26-20(25)23-13-11-17(12-14-23)19(24)18(15-22(4)5)16-9-7-6-8-10-16/h6-10,15,17H,11-14H2,1-5H3/b18-15+. The van der Waals surface area contributed by atoms with Crippen LogP contribution in [0.25, 0.3) is 5.57 Å². The van der Waals surface area contributed by atoms with Crippen molar-refractivity contribution in [3.8, 4) is 0 Å². The van der Waals surface area contributed by atoms with Crippen molar-refractivity contribution < 1.29 is 14.3 Å². The third-order valence-corrected chi connectivity index (χ3v) is 4.25. The molecule has 0 atom stereocenters. The highest BCUT2D eigenvalue weighted by Crippen LogP contribution is 2.27. The zero-order valence-corrected chi connectivity index (χ0v) is 16.5. The van der Waals surface area contributed by atoms with E-state index in [1.165, 1.54) is 0 Å². The molecule has 0 N–H and O–H groups in total. The van der Waals surface area contributed by atoms with Crippen LogP contribution in [-0.4, -0.2) is 54.5 Å². The molecule has 1 amide bonds. The van der Waals surface area contributed by atoms with Gasteiger partial charge in [-0.1, -0.05) is 30.3 Å². The van der Waals surface area contributed by atoms with Crippen LogP contribution in [0.1, 0.15) is 39.2 Å². The predicted octanol–water partition coefficient (Wildman–Crippen LogP) is 3.81. The molecule has 142 valence electrons. The number of piperidine rings is 1. The molecular formula is C21H30N2O3. The summed E-state index contributed by atoms with van der Waals surface area (Å²) in [5, 5.41) is 0. The summed E-state index contributed by atoms with van der Waals surface area (Å²) in [6.45, 7) is 6.68. The van der Waals surface area contributed by atoms with Gasteiger partial charge >= 0.3 is 6.09 Å². The molecule has 5 heteroatoms. The maximum absolute atomic E-state index is 13.1. The van der Waals surface area contributed by atoms with E-state index in [2.05, 4.69) is 0 Å². The van der Waals surface area contributed by atoms with Crippen LogP contribution in [0.2, 0.25) is 0 Å². The zero-order chi connectivity index (χ0) is 19.3. The number of nitrogens with zero attached hydrogens (tertiary/aromatic N) is 2. The van der Waals surface area contributed by atoms with Crippen molar-refractivity contribution in [2.45, 2.75) is 39.2 Å². The molecule has 0 saturated carbocycles. The van der Waals surface area contributed by atoms with E-state index in [1.54, 1.807) is 4.90 Å². The van der Waals surface area contributed by atoms with E-state index in [4.69, 9.17) is 4.74 Å². The third kappa shape index (κ3) is 5.61. The van der Waals surface area contributed by atoms with Gasteiger partial charge in [-0.15, -0.1) is 0 Å². The number of likely N-dealkylation sites (tertiary alicyclic amines) is 1. The number of benzene rings is 1. The Morgan fingerprint density at radius 3 is 2.19 bits per heavy atom. The van der Waals surface area contributed by atoms with E-state index in [0.717, 1.165) is 11.1 Å². The van der Waals surface area contributed by atoms with Crippen molar-refractivity contribution in [3.63, 3.8) is 0 Å². The fourth-order valence-electron chi connectivity index (χ4n) is 3.03. The van der Waals surface area contributed by atoms with Gasteiger partial charge in [0.25, 0.3) is 0 Å². The number of rotatable bonds is 4. The first-order valence-electron chi connectivity index (χ1n) is 9.13. The van der Waals surface area contributed by atoms with Crippen LogP contribution in [0.4, 0.5) is 4.79 Å². The Balaban J connectivity index is 2.05. The molecule has 1 fully saturated rings. The van der Waals surface area contributed by atoms with Crippen LogP contribution < -0.4 is 0 Å². The maximum atomic E-state index is 13.1. The van der Waals surface area contributed by atoms with E-state index in [-0.39, 0.29) is 17.8 Å². The molecule has 0 radical (unpaired) electrons.